The third kappa shape index (κ3) is 6.48. The molecule has 0 saturated heterocycles. The fourth-order valence-corrected chi connectivity index (χ4v) is 6.51. The second kappa shape index (κ2) is 12.6. The summed E-state index contributed by atoms with van der Waals surface area (Å²) in [6.45, 7) is 10.3. The summed E-state index contributed by atoms with van der Waals surface area (Å²) in [6.07, 6.45) is 1.70. The van der Waals surface area contributed by atoms with E-state index in [-0.39, 0.29) is 23.4 Å². The van der Waals surface area contributed by atoms with E-state index in [1.54, 1.807) is 13.0 Å². The van der Waals surface area contributed by atoms with Crippen LogP contribution in [0.5, 0.6) is 5.75 Å². The van der Waals surface area contributed by atoms with Gasteiger partial charge in [0, 0.05) is 35.0 Å². The number of carboxylic acids is 1. The number of fused-ring (bicyclic) bond motifs is 2. The zero-order valence-electron chi connectivity index (χ0n) is 27.4. The number of carboxylic acid groups (broad SMARTS) is 1. The molecule has 0 spiro atoms. The summed E-state index contributed by atoms with van der Waals surface area (Å²) >= 11 is 0. The van der Waals surface area contributed by atoms with E-state index in [9.17, 15) is 14.7 Å². The van der Waals surface area contributed by atoms with E-state index in [1.165, 1.54) is 10.6 Å². The highest BCUT2D eigenvalue weighted by Gasteiger charge is 2.34. The van der Waals surface area contributed by atoms with Gasteiger partial charge in [0.05, 0.1) is 18.2 Å². The van der Waals surface area contributed by atoms with Crippen LogP contribution in [0.2, 0.25) is 0 Å². The topological polar surface area (TPSA) is 106 Å². The number of ether oxygens (including phenoxy) is 1. The predicted molar refractivity (Wildman–Crippen MR) is 179 cm³/mol. The molecule has 0 fully saturated rings. The number of aliphatic carboxylic acids is 1. The minimum absolute atomic E-state index is 0.122. The fraction of sp³-hybridized carbons (Fsp3) is 0.316. The number of halogens is 1. The van der Waals surface area contributed by atoms with E-state index in [4.69, 9.17) is 9.72 Å². The van der Waals surface area contributed by atoms with Gasteiger partial charge < -0.3 is 15.2 Å². The highest BCUT2D eigenvalue weighted by molar-refractivity contribution is 5.94. The molecule has 0 unspecified atom stereocenters. The van der Waals surface area contributed by atoms with Crippen molar-refractivity contribution in [3.8, 4) is 28.1 Å². The molecule has 242 valence electrons. The van der Waals surface area contributed by atoms with Crippen molar-refractivity contribution in [3.05, 3.63) is 106 Å². The summed E-state index contributed by atoms with van der Waals surface area (Å²) in [5.41, 5.74) is 6.61. The van der Waals surface area contributed by atoms with Crippen LogP contribution in [0.15, 0.2) is 66.7 Å². The lowest BCUT2D eigenvalue weighted by Gasteiger charge is -2.28. The minimum atomic E-state index is -1.01. The van der Waals surface area contributed by atoms with Crippen LogP contribution in [0.3, 0.4) is 0 Å². The van der Waals surface area contributed by atoms with Crippen molar-refractivity contribution in [2.45, 2.75) is 66.3 Å². The van der Waals surface area contributed by atoms with E-state index in [1.807, 2.05) is 82.3 Å². The SMILES string of the molecule is Cc1nc2cc(C(=O)NCc3cccc(-c4ccccc4)c3)nn2c(-c2cc(F)c3c(c2C)CCCO3)c1[C@H](CC(C)(C)C)C(=O)O. The number of nitrogens with zero attached hydrogens (tertiary/aromatic N) is 3. The smallest absolute Gasteiger partial charge is 0.311 e. The van der Waals surface area contributed by atoms with Gasteiger partial charge in [0.2, 0.25) is 0 Å². The minimum Gasteiger partial charge on any atom is -0.490 e. The summed E-state index contributed by atoms with van der Waals surface area (Å²) in [7, 11) is 0. The lowest BCUT2D eigenvalue weighted by atomic mass is 9.79. The van der Waals surface area contributed by atoms with Crippen LogP contribution in [0, 0.1) is 25.1 Å². The number of amides is 1. The summed E-state index contributed by atoms with van der Waals surface area (Å²) in [4.78, 5) is 31.1. The van der Waals surface area contributed by atoms with Gasteiger partial charge in [0.15, 0.2) is 22.9 Å². The normalized spacial score (nSPS) is 13.6. The van der Waals surface area contributed by atoms with Gasteiger partial charge in [-0.05, 0) is 72.9 Å². The summed E-state index contributed by atoms with van der Waals surface area (Å²) in [5, 5.41) is 18.2. The van der Waals surface area contributed by atoms with Crippen LogP contribution in [0.25, 0.3) is 28.0 Å². The number of benzene rings is 3. The highest BCUT2D eigenvalue weighted by atomic mass is 19.1. The zero-order valence-corrected chi connectivity index (χ0v) is 27.4. The Hall–Kier alpha value is -5.05. The van der Waals surface area contributed by atoms with Crippen molar-refractivity contribution in [1.29, 1.82) is 0 Å². The first-order valence-electron chi connectivity index (χ1n) is 15.9. The number of rotatable bonds is 8. The number of carbonyl (C=O) groups is 2. The van der Waals surface area contributed by atoms with Gasteiger partial charge in [-0.25, -0.2) is 13.9 Å². The monoisotopic (exact) mass is 634 g/mol. The Morgan fingerprint density at radius 1 is 1.04 bits per heavy atom. The largest absolute Gasteiger partial charge is 0.490 e. The number of nitrogens with one attached hydrogen (secondary N) is 1. The molecule has 6 rings (SSSR count). The lowest BCUT2D eigenvalue weighted by Crippen LogP contribution is -2.24. The maximum atomic E-state index is 15.6. The van der Waals surface area contributed by atoms with Gasteiger partial charge in [0.25, 0.3) is 5.91 Å². The molecule has 0 saturated carbocycles. The molecule has 5 aromatic rings. The third-order valence-corrected chi connectivity index (χ3v) is 8.70. The molecule has 2 N–H and O–H groups in total. The van der Waals surface area contributed by atoms with Crippen molar-refractivity contribution in [1.82, 2.24) is 19.9 Å². The van der Waals surface area contributed by atoms with Crippen LogP contribution >= 0.6 is 0 Å². The summed E-state index contributed by atoms with van der Waals surface area (Å²) in [5.74, 6) is -2.64. The van der Waals surface area contributed by atoms with Crippen molar-refractivity contribution in [3.63, 3.8) is 0 Å². The Balaban J connectivity index is 1.44. The number of hydrogen-bond donors (Lipinski definition) is 2. The van der Waals surface area contributed by atoms with Crippen molar-refractivity contribution in [2.24, 2.45) is 5.41 Å². The Bertz CT molecular complexity index is 2000. The Morgan fingerprint density at radius 2 is 1.79 bits per heavy atom. The maximum absolute atomic E-state index is 15.6. The lowest BCUT2D eigenvalue weighted by molar-refractivity contribution is -0.139. The first-order valence-corrected chi connectivity index (χ1v) is 15.9. The van der Waals surface area contributed by atoms with Gasteiger partial charge in [-0.2, -0.15) is 5.10 Å². The van der Waals surface area contributed by atoms with E-state index in [0.29, 0.717) is 47.6 Å². The zero-order chi connectivity index (χ0) is 33.5. The van der Waals surface area contributed by atoms with E-state index in [2.05, 4.69) is 10.4 Å². The predicted octanol–water partition coefficient (Wildman–Crippen LogP) is 7.68. The van der Waals surface area contributed by atoms with Gasteiger partial charge in [-0.15, -0.1) is 0 Å². The van der Waals surface area contributed by atoms with Crippen molar-refractivity contribution < 1.29 is 23.8 Å². The van der Waals surface area contributed by atoms with Gasteiger partial charge in [-0.3, -0.25) is 9.59 Å². The van der Waals surface area contributed by atoms with Gasteiger partial charge in [0.1, 0.15) is 0 Å². The van der Waals surface area contributed by atoms with Gasteiger partial charge >= 0.3 is 5.97 Å². The molecule has 3 aromatic carbocycles. The second-order valence-corrected chi connectivity index (χ2v) is 13.5. The quantitative estimate of drug-likeness (QED) is 0.181. The van der Waals surface area contributed by atoms with E-state index < -0.39 is 23.6 Å². The van der Waals surface area contributed by atoms with Crippen LogP contribution < -0.4 is 10.1 Å². The Labute approximate surface area is 273 Å². The molecular formula is C38H39FN4O4. The molecule has 8 nitrogen and oxygen atoms in total. The molecule has 0 radical (unpaired) electrons. The summed E-state index contributed by atoms with van der Waals surface area (Å²) < 4.78 is 22.8. The number of hydrogen-bond acceptors (Lipinski definition) is 5. The number of carbonyl (C=O) groups excluding carboxylic acids is 1. The van der Waals surface area contributed by atoms with Crippen LogP contribution in [-0.4, -0.2) is 38.2 Å². The molecule has 0 aliphatic carbocycles. The molecule has 3 heterocycles. The Morgan fingerprint density at radius 3 is 2.51 bits per heavy atom. The molecule has 0 bridgehead atoms. The average molecular weight is 635 g/mol. The van der Waals surface area contributed by atoms with Crippen molar-refractivity contribution >= 4 is 17.5 Å². The molecule has 1 aliphatic heterocycles. The number of aromatic nitrogens is 3. The molecular weight excluding hydrogens is 595 g/mol. The second-order valence-electron chi connectivity index (χ2n) is 13.5. The molecule has 9 heteroatoms. The standard InChI is InChI=1S/C38H39FN4O4/c1-22-27-15-10-16-47-35(27)30(39)18-28(22)34-33(29(37(45)46)20-38(3,4)5)23(2)41-32-19-31(42-43(32)34)36(44)40-21-24-11-9-14-26(17-24)25-12-7-6-8-13-25/h6-9,11-14,17-19,29H,10,15-16,20-21H2,1-5H3,(H,40,44)(H,45,46)/t29-/m0/s1. The highest BCUT2D eigenvalue weighted by Crippen LogP contribution is 2.43. The van der Waals surface area contributed by atoms with Crippen LogP contribution in [-0.2, 0) is 17.8 Å². The molecule has 47 heavy (non-hydrogen) atoms. The average Bonchev–Trinajstić information content (AvgIpc) is 3.47. The molecule has 1 amide bonds. The van der Waals surface area contributed by atoms with Crippen LogP contribution in [0.1, 0.15) is 78.0 Å². The van der Waals surface area contributed by atoms with Gasteiger partial charge in [-0.1, -0.05) is 69.3 Å². The summed E-state index contributed by atoms with van der Waals surface area (Å²) in [6, 6.07) is 21.0. The molecule has 2 aromatic heterocycles. The third-order valence-electron chi connectivity index (χ3n) is 8.70. The fourth-order valence-electron chi connectivity index (χ4n) is 6.51. The van der Waals surface area contributed by atoms with E-state index in [0.717, 1.165) is 34.2 Å². The first kappa shape index (κ1) is 31.9. The molecule has 1 atom stereocenters. The van der Waals surface area contributed by atoms with Crippen molar-refractivity contribution in [2.75, 3.05) is 6.61 Å². The molecule has 1 aliphatic rings. The van der Waals surface area contributed by atoms with Crippen LogP contribution in [0.4, 0.5) is 4.39 Å². The Kier molecular flexibility index (Phi) is 8.57. The maximum Gasteiger partial charge on any atom is 0.311 e. The first-order chi connectivity index (χ1) is 22.4. The number of aryl methyl sites for hydroxylation is 1. The van der Waals surface area contributed by atoms with E-state index >= 15 is 4.39 Å².